The standard InChI is InChI=1S/C18H22ClN3O3S2/c1-25-15-9-13-11-22(27(23,24)18-6-5-16(19)26-18)10-12(13)8-14(15)21-17-4-2-3-7-20-17/h2-7,12-15H,8-11H2,1H3,(H,20,21)/t12-,13+,14-,15-/m1/s1. The largest absolute Gasteiger partial charge is 0.379 e. The van der Waals surface area contributed by atoms with Crippen LogP contribution in [0.25, 0.3) is 0 Å². The average molecular weight is 428 g/mol. The molecule has 4 rings (SSSR count). The van der Waals surface area contributed by atoms with Gasteiger partial charge < -0.3 is 10.1 Å². The van der Waals surface area contributed by atoms with Crippen LogP contribution in [-0.4, -0.2) is 50.1 Å². The van der Waals surface area contributed by atoms with E-state index in [0.29, 0.717) is 33.5 Å². The number of thiophene rings is 1. The van der Waals surface area contributed by atoms with E-state index in [0.717, 1.165) is 30.0 Å². The number of hydrogen-bond donors (Lipinski definition) is 1. The summed E-state index contributed by atoms with van der Waals surface area (Å²) >= 11 is 7.05. The molecule has 0 spiro atoms. The number of aromatic nitrogens is 1. The fraction of sp³-hybridized carbons (Fsp3) is 0.500. The van der Waals surface area contributed by atoms with Crippen molar-refractivity contribution in [1.29, 1.82) is 0 Å². The van der Waals surface area contributed by atoms with E-state index in [-0.39, 0.29) is 12.1 Å². The van der Waals surface area contributed by atoms with Crippen molar-refractivity contribution in [2.75, 3.05) is 25.5 Å². The van der Waals surface area contributed by atoms with Crippen LogP contribution in [0.4, 0.5) is 5.82 Å². The number of nitrogens with zero attached hydrogens (tertiary/aromatic N) is 2. The molecule has 3 heterocycles. The average Bonchev–Trinajstić information content (AvgIpc) is 3.28. The van der Waals surface area contributed by atoms with Crippen LogP contribution in [0.1, 0.15) is 12.8 Å². The zero-order chi connectivity index (χ0) is 19.0. The van der Waals surface area contributed by atoms with Crippen LogP contribution in [0.2, 0.25) is 4.34 Å². The van der Waals surface area contributed by atoms with Crippen LogP contribution in [0.3, 0.4) is 0 Å². The number of halogens is 1. The number of fused-ring (bicyclic) bond motifs is 1. The molecule has 0 aromatic carbocycles. The summed E-state index contributed by atoms with van der Waals surface area (Å²) in [6.45, 7) is 1.08. The van der Waals surface area contributed by atoms with Crippen molar-refractivity contribution in [2.24, 2.45) is 11.8 Å². The molecule has 1 aliphatic carbocycles. The number of ether oxygens (including phenoxy) is 1. The van der Waals surface area contributed by atoms with E-state index in [1.165, 1.54) is 0 Å². The zero-order valence-corrected chi connectivity index (χ0v) is 17.3. The lowest BCUT2D eigenvalue weighted by Gasteiger charge is -2.37. The van der Waals surface area contributed by atoms with Gasteiger partial charge in [0.15, 0.2) is 0 Å². The van der Waals surface area contributed by atoms with Gasteiger partial charge in [-0.2, -0.15) is 4.31 Å². The number of nitrogens with one attached hydrogen (secondary N) is 1. The number of rotatable bonds is 5. The second-order valence-corrected chi connectivity index (χ2v) is 11.0. The molecule has 1 saturated heterocycles. The first-order valence-electron chi connectivity index (χ1n) is 8.93. The fourth-order valence-corrected chi connectivity index (χ4v) is 7.37. The van der Waals surface area contributed by atoms with Crippen LogP contribution >= 0.6 is 22.9 Å². The first-order chi connectivity index (χ1) is 13.0. The molecule has 0 radical (unpaired) electrons. The van der Waals surface area contributed by atoms with Crippen LogP contribution < -0.4 is 5.32 Å². The predicted octanol–water partition coefficient (Wildman–Crippen LogP) is 3.32. The smallest absolute Gasteiger partial charge is 0.252 e. The van der Waals surface area contributed by atoms with E-state index in [4.69, 9.17) is 16.3 Å². The Hall–Kier alpha value is -1.19. The second-order valence-electron chi connectivity index (χ2n) is 7.11. The van der Waals surface area contributed by atoms with Gasteiger partial charge in [-0.25, -0.2) is 13.4 Å². The minimum Gasteiger partial charge on any atom is -0.379 e. The molecule has 0 bridgehead atoms. The van der Waals surface area contributed by atoms with E-state index in [1.807, 2.05) is 18.2 Å². The lowest BCUT2D eigenvalue weighted by molar-refractivity contribution is 0.0305. The Labute approximate surface area is 168 Å². The highest BCUT2D eigenvalue weighted by Crippen LogP contribution is 2.41. The maximum Gasteiger partial charge on any atom is 0.252 e. The first-order valence-corrected chi connectivity index (χ1v) is 11.6. The van der Waals surface area contributed by atoms with Gasteiger partial charge in [0.25, 0.3) is 10.0 Å². The molecule has 1 aliphatic heterocycles. The molecule has 2 aromatic heterocycles. The van der Waals surface area contributed by atoms with E-state index >= 15 is 0 Å². The molecule has 2 aliphatic rings. The van der Waals surface area contributed by atoms with Crippen LogP contribution in [0, 0.1) is 11.8 Å². The van der Waals surface area contributed by atoms with Gasteiger partial charge in [0.2, 0.25) is 0 Å². The molecule has 2 fully saturated rings. The summed E-state index contributed by atoms with van der Waals surface area (Å²) in [5, 5.41) is 3.46. The highest BCUT2D eigenvalue weighted by atomic mass is 35.5. The Morgan fingerprint density at radius 1 is 1.22 bits per heavy atom. The van der Waals surface area contributed by atoms with Gasteiger partial charge in [0.1, 0.15) is 10.0 Å². The maximum atomic E-state index is 12.9. The topological polar surface area (TPSA) is 71.5 Å². The van der Waals surface area contributed by atoms with Crippen LogP contribution in [-0.2, 0) is 14.8 Å². The molecule has 1 N–H and O–H groups in total. The summed E-state index contributed by atoms with van der Waals surface area (Å²) < 4.78 is 34.0. The minimum atomic E-state index is -3.48. The molecule has 4 atom stereocenters. The normalized spacial score (nSPS) is 28.8. The van der Waals surface area contributed by atoms with Gasteiger partial charge in [-0.1, -0.05) is 17.7 Å². The maximum absolute atomic E-state index is 12.9. The number of anilines is 1. The lowest BCUT2D eigenvalue weighted by Crippen LogP contribution is -2.44. The Morgan fingerprint density at radius 2 is 2.00 bits per heavy atom. The summed E-state index contributed by atoms with van der Waals surface area (Å²) in [5.41, 5.74) is 0. The van der Waals surface area contributed by atoms with E-state index in [2.05, 4.69) is 10.3 Å². The van der Waals surface area contributed by atoms with Crippen molar-refractivity contribution in [3.63, 3.8) is 0 Å². The van der Waals surface area contributed by atoms with Gasteiger partial charge in [-0.3, -0.25) is 0 Å². The fourth-order valence-electron chi connectivity index (χ4n) is 4.18. The van der Waals surface area contributed by atoms with E-state index in [9.17, 15) is 8.42 Å². The van der Waals surface area contributed by atoms with Gasteiger partial charge in [-0.05, 0) is 48.9 Å². The van der Waals surface area contributed by atoms with Gasteiger partial charge in [0, 0.05) is 26.4 Å². The molecule has 146 valence electrons. The molecule has 0 amide bonds. The third-order valence-corrected chi connectivity index (χ3v) is 9.06. The molecule has 27 heavy (non-hydrogen) atoms. The molecule has 0 unspecified atom stereocenters. The van der Waals surface area contributed by atoms with Crippen LogP contribution in [0.5, 0.6) is 0 Å². The van der Waals surface area contributed by atoms with Gasteiger partial charge >= 0.3 is 0 Å². The van der Waals surface area contributed by atoms with Gasteiger partial charge in [-0.15, -0.1) is 11.3 Å². The number of sulfonamides is 1. The summed E-state index contributed by atoms with van der Waals surface area (Å²) in [6.07, 6.45) is 3.48. The summed E-state index contributed by atoms with van der Waals surface area (Å²) in [4.78, 5) is 4.34. The van der Waals surface area contributed by atoms with Crippen molar-refractivity contribution in [3.8, 4) is 0 Å². The SMILES string of the molecule is CO[C@@H]1C[C@H]2CN(S(=O)(=O)c3ccc(Cl)s3)C[C@H]2C[C@H]1Nc1ccccn1. The Morgan fingerprint density at radius 3 is 2.63 bits per heavy atom. The first kappa shape index (κ1) is 19.1. The molecule has 1 saturated carbocycles. The van der Waals surface area contributed by atoms with Crippen molar-refractivity contribution >= 4 is 38.8 Å². The third-order valence-electron chi connectivity index (χ3n) is 5.53. The van der Waals surface area contributed by atoms with Crippen molar-refractivity contribution < 1.29 is 13.2 Å². The van der Waals surface area contributed by atoms with Crippen LogP contribution in [0.15, 0.2) is 40.7 Å². The second kappa shape index (κ2) is 7.67. The number of hydrogen-bond acceptors (Lipinski definition) is 6. The molecular formula is C18H22ClN3O3S2. The van der Waals surface area contributed by atoms with Crippen molar-refractivity contribution in [2.45, 2.75) is 29.2 Å². The monoisotopic (exact) mass is 427 g/mol. The molecular weight excluding hydrogens is 406 g/mol. The van der Waals surface area contributed by atoms with E-state index < -0.39 is 10.0 Å². The molecule has 2 aromatic rings. The third kappa shape index (κ3) is 3.86. The highest BCUT2D eigenvalue weighted by Gasteiger charge is 2.46. The molecule has 9 heteroatoms. The Balaban J connectivity index is 1.49. The summed E-state index contributed by atoms with van der Waals surface area (Å²) in [7, 11) is -1.77. The Bertz CT molecular complexity index is 890. The van der Waals surface area contributed by atoms with Crippen molar-refractivity contribution in [1.82, 2.24) is 9.29 Å². The molecule has 6 nitrogen and oxygen atoms in total. The highest BCUT2D eigenvalue weighted by molar-refractivity contribution is 7.91. The minimum absolute atomic E-state index is 0.0343. The quantitative estimate of drug-likeness (QED) is 0.792. The lowest BCUT2D eigenvalue weighted by atomic mass is 9.77. The number of pyridine rings is 1. The predicted molar refractivity (Wildman–Crippen MR) is 107 cm³/mol. The summed E-state index contributed by atoms with van der Waals surface area (Å²) in [5.74, 6) is 1.43. The zero-order valence-electron chi connectivity index (χ0n) is 14.9. The number of methoxy groups -OCH3 is 1. The van der Waals surface area contributed by atoms with E-state index in [1.54, 1.807) is 29.7 Å². The van der Waals surface area contributed by atoms with Gasteiger partial charge in [0.05, 0.1) is 16.5 Å². The van der Waals surface area contributed by atoms with Crippen molar-refractivity contribution in [3.05, 3.63) is 40.9 Å². The Kier molecular flexibility index (Phi) is 5.44. The summed E-state index contributed by atoms with van der Waals surface area (Å²) in [6, 6.07) is 9.10.